The van der Waals surface area contributed by atoms with Crippen LogP contribution in [0.25, 0.3) is 0 Å². The van der Waals surface area contributed by atoms with Gasteiger partial charge in [0.1, 0.15) is 0 Å². The van der Waals surface area contributed by atoms with Gasteiger partial charge in [0, 0.05) is 11.7 Å². The Morgan fingerprint density at radius 1 is 1.35 bits per heavy atom. The van der Waals surface area contributed by atoms with Gasteiger partial charge < -0.3 is 5.32 Å². The summed E-state index contributed by atoms with van der Waals surface area (Å²) >= 11 is 0. The van der Waals surface area contributed by atoms with Crippen LogP contribution in [0.3, 0.4) is 0 Å². The Kier molecular flexibility index (Phi) is 5.70. The summed E-state index contributed by atoms with van der Waals surface area (Å²) in [6.07, 6.45) is 2.15. The molecule has 0 aromatic carbocycles. The second kappa shape index (κ2) is 7.36. The predicted octanol–water partition coefficient (Wildman–Crippen LogP) is 3.69. The van der Waals surface area contributed by atoms with Crippen molar-refractivity contribution >= 4 is 5.91 Å². The maximum Gasteiger partial charge on any atom is 0.435 e. The fraction of sp³-hybridized carbons (Fsp3) is 0.750. The maximum atomic E-state index is 12.7. The van der Waals surface area contributed by atoms with Crippen LogP contribution in [-0.2, 0) is 17.5 Å². The van der Waals surface area contributed by atoms with Crippen molar-refractivity contribution in [2.75, 3.05) is 0 Å². The zero-order chi connectivity index (χ0) is 17.0. The molecule has 0 radical (unpaired) electrons. The highest BCUT2D eigenvalue weighted by atomic mass is 19.4. The minimum absolute atomic E-state index is 0.111. The molecule has 1 aliphatic rings. The summed E-state index contributed by atoms with van der Waals surface area (Å²) in [4.78, 5) is 12.3. The molecular formula is C16H24F3N3O. The third-order valence-electron chi connectivity index (χ3n) is 4.37. The first-order valence-electron chi connectivity index (χ1n) is 8.19. The normalized spacial score (nSPS) is 18.5. The van der Waals surface area contributed by atoms with Crippen molar-refractivity contribution in [3.8, 4) is 0 Å². The SMILES string of the molecule is Cc1cc(C(F)(F)F)nn1C[C@H](C)C(=O)NC1CCCCCC1. The van der Waals surface area contributed by atoms with Crippen LogP contribution in [0.15, 0.2) is 6.07 Å². The van der Waals surface area contributed by atoms with E-state index in [9.17, 15) is 18.0 Å². The second-order valence-corrected chi connectivity index (χ2v) is 6.45. The zero-order valence-electron chi connectivity index (χ0n) is 13.6. The number of nitrogens with zero attached hydrogens (tertiary/aromatic N) is 2. The summed E-state index contributed by atoms with van der Waals surface area (Å²) in [6.45, 7) is 3.44. The molecule has 1 aromatic rings. The molecular weight excluding hydrogens is 307 g/mol. The van der Waals surface area contributed by atoms with Gasteiger partial charge in [-0.25, -0.2) is 0 Å². The number of hydrogen-bond acceptors (Lipinski definition) is 2. The van der Waals surface area contributed by atoms with Gasteiger partial charge in [-0.15, -0.1) is 0 Å². The number of halogens is 3. The number of rotatable bonds is 4. The Morgan fingerprint density at radius 2 is 1.96 bits per heavy atom. The quantitative estimate of drug-likeness (QED) is 0.856. The Hall–Kier alpha value is -1.53. The van der Waals surface area contributed by atoms with Crippen LogP contribution in [0, 0.1) is 12.8 Å². The van der Waals surface area contributed by atoms with Gasteiger partial charge in [-0.1, -0.05) is 32.6 Å². The number of amides is 1. The molecule has 0 bridgehead atoms. The standard InChI is InChI=1S/C16H24F3N3O/c1-11(15(23)20-13-7-5-3-4-6-8-13)10-22-12(2)9-14(21-22)16(17,18)19/h9,11,13H,3-8,10H2,1-2H3,(H,20,23)/t11-/m0/s1. The van der Waals surface area contributed by atoms with Crippen molar-refractivity contribution in [2.45, 2.75) is 71.1 Å². The number of aryl methyl sites for hydroxylation is 1. The molecule has 0 aliphatic heterocycles. The summed E-state index contributed by atoms with van der Waals surface area (Å²) < 4.78 is 39.3. The average Bonchev–Trinajstić information content (AvgIpc) is 2.68. The fourth-order valence-corrected chi connectivity index (χ4v) is 2.94. The van der Waals surface area contributed by atoms with E-state index in [0.717, 1.165) is 31.7 Å². The van der Waals surface area contributed by atoms with Gasteiger partial charge >= 0.3 is 6.18 Å². The van der Waals surface area contributed by atoms with Crippen LogP contribution in [0.2, 0.25) is 0 Å². The summed E-state index contributed by atoms with van der Waals surface area (Å²) in [7, 11) is 0. The molecule has 0 saturated heterocycles. The zero-order valence-corrected chi connectivity index (χ0v) is 13.6. The number of aromatic nitrogens is 2. The van der Waals surface area contributed by atoms with Gasteiger partial charge in [0.15, 0.2) is 5.69 Å². The van der Waals surface area contributed by atoms with E-state index in [2.05, 4.69) is 10.4 Å². The van der Waals surface area contributed by atoms with Crippen molar-refractivity contribution in [3.05, 3.63) is 17.5 Å². The largest absolute Gasteiger partial charge is 0.435 e. The highest BCUT2D eigenvalue weighted by molar-refractivity contribution is 5.78. The molecule has 1 saturated carbocycles. The van der Waals surface area contributed by atoms with Gasteiger partial charge in [-0.2, -0.15) is 18.3 Å². The molecule has 1 amide bonds. The summed E-state index contributed by atoms with van der Waals surface area (Å²) in [5.41, 5.74) is -0.502. The number of alkyl halides is 3. The maximum absolute atomic E-state index is 12.7. The van der Waals surface area contributed by atoms with E-state index in [-0.39, 0.29) is 18.5 Å². The molecule has 2 rings (SSSR count). The minimum Gasteiger partial charge on any atom is -0.353 e. The molecule has 0 unspecified atom stereocenters. The van der Waals surface area contributed by atoms with E-state index in [4.69, 9.17) is 0 Å². The third kappa shape index (κ3) is 4.97. The number of nitrogens with one attached hydrogen (secondary N) is 1. The van der Waals surface area contributed by atoms with E-state index >= 15 is 0 Å². The summed E-state index contributed by atoms with van der Waals surface area (Å²) in [5.74, 6) is -0.529. The Morgan fingerprint density at radius 3 is 2.48 bits per heavy atom. The highest BCUT2D eigenvalue weighted by Crippen LogP contribution is 2.28. The number of carbonyl (C=O) groups excluding carboxylic acids is 1. The lowest BCUT2D eigenvalue weighted by molar-refractivity contribution is -0.141. The van der Waals surface area contributed by atoms with Gasteiger partial charge in [0.2, 0.25) is 5.91 Å². The summed E-state index contributed by atoms with van der Waals surface area (Å²) in [6, 6.07) is 1.20. The Bertz CT molecular complexity index is 531. The third-order valence-corrected chi connectivity index (χ3v) is 4.37. The topological polar surface area (TPSA) is 46.9 Å². The molecule has 1 aromatic heterocycles. The first-order chi connectivity index (χ1) is 10.8. The van der Waals surface area contributed by atoms with Crippen LogP contribution < -0.4 is 5.32 Å². The number of carbonyl (C=O) groups is 1. The molecule has 4 nitrogen and oxygen atoms in total. The average molecular weight is 331 g/mol. The van der Waals surface area contributed by atoms with Crippen LogP contribution in [0.4, 0.5) is 13.2 Å². The van der Waals surface area contributed by atoms with Gasteiger partial charge in [-0.05, 0) is 25.8 Å². The molecule has 0 spiro atoms. The lowest BCUT2D eigenvalue weighted by Gasteiger charge is -2.20. The fourth-order valence-electron chi connectivity index (χ4n) is 2.94. The van der Waals surface area contributed by atoms with E-state index in [0.29, 0.717) is 5.69 Å². The van der Waals surface area contributed by atoms with E-state index in [1.54, 1.807) is 13.8 Å². The van der Waals surface area contributed by atoms with Crippen molar-refractivity contribution in [1.82, 2.24) is 15.1 Å². The van der Waals surface area contributed by atoms with Crippen molar-refractivity contribution in [2.24, 2.45) is 5.92 Å². The molecule has 130 valence electrons. The van der Waals surface area contributed by atoms with Crippen LogP contribution >= 0.6 is 0 Å². The van der Waals surface area contributed by atoms with Gasteiger partial charge in [0.05, 0.1) is 12.5 Å². The van der Waals surface area contributed by atoms with E-state index in [1.807, 2.05) is 0 Å². The minimum atomic E-state index is -4.46. The summed E-state index contributed by atoms with van der Waals surface area (Å²) in [5, 5.41) is 6.61. The smallest absolute Gasteiger partial charge is 0.353 e. The van der Waals surface area contributed by atoms with Crippen molar-refractivity contribution < 1.29 is 18.0 Å². The first kappa shape index (κ1) is 17.8. The molecule has 1 aliphatic carbocycles. The molecule has 23 heavy (non-hydrogen) atoms. The molecule has 1 heterocycles. The molecule has 1 N–H and O–H groups in total. The lowest BCUT2D eigenvalue weighted by atomic mass is 10.1. The molecule has 1 atom stereocenters. The van der Waals surface area contributed by atoms with Crippen LogP contribution in [0.5, 0.6) is 0 Å². The highest BCUT2D eigenvalue weighted by Gasteiger charge is 2.34. The van der Waals surface area contributed by atoms with E-state index < -0.39 is 17.8 Å². The first-order valence-corrected chi connectivity index (χ1v) is 8.19. The Balaban J connectivity index is 1.94. The monoisotopic (exact) mass is 331 g/mol. The van der Waals surface area contributed by atoms with Crippen LogP contribution in [-0.4, -0.2) is 21.7 Å². The number of hydrogen-bond donors (Lipinski definition) is 1. The van der Waals surface area contributed by atoms with E-state index in [1.165, 1.54) is 17.5 Å². The molecule has 7 heteroatoms. The second-order valence-electron chi connectivity index (χ2n) is 6.45. The molecule has 1 fully saturated rings. The predicted molar refractivity (Wildman–Crippen MR) is 80.8 cm³/mol. The van der Waals surface area contributed by atoms with Gasteiger partial charge in [0.25, 0.3) is 0 Å². The lowest BCUT2D eigenvalue weighted by Crippen LogP contribution is -2.39. The Labute approximate surface area is 134 Å². The van der Waals surface area contributed by atoms with Crippen molar-refractivity contribution in [3.63, 3.8) is 0 Å². The van der Waals surface area contributed by atoms with Crippen LogP contribution in [0.1, 0.15) is 56.8 Å². The van der Waals surface area contributed by atoms with Crippen molar-refractivity contribution in [1.29, 1.82) is 0 Å². The van der Waals surface area contributed by atoms with Gasteiger partial charge in [-0.3, -0.25) is 9.48 Å².